The maximum atomic E-state index is 11.4. The molecule has 0 aromatic rings. The van der Waals surface area contributed by atoms with Gasteiger partial charge in [0.25, 0.3) is 10.1 Å². The molecule has 98 valence electrons. The van der Waals surface area contributed by atoms with E-state index in [1.165, 1.54) is 0 Å². The van der Waals surface area contributed by atoms with Crippen LogP contribution >= 0.6 is 0 Å². The Morgan fingerprint density at radius 1 is 1.35 bits per heavy atom. The van der Waals surface area contributed by atoms with Crippen molar-refractivity contribution in [3.63, 3.8) is 0 Å². The zero-order valence-electron chi connectivity index (χ0n) is 10.8. The summed E-state index contributed by atoms with van der Waals surface area (Å²) in [6, 6.07) is 0. The Morgan fingerprint density at radius 3 is 2.41 bits per heavy atom. The fraction of sp³-hybridized carbons (Fsp3) is 0.833. The van der Waals surface area contributed by atoms with Crippen LogP contribution in [0.2, 0.25) is 0 Å². The summed E-state index contributed by atoms with van der Waals surface area (Å²) < 4.78 is 33.7. The first kappa shape index (κ1) is 13.1. The summed E-state index contributed by atoms with van der Waals surface area (Å²) in [5.74, 6) is 0.353. The van der Waals surface area contributed by atoms with Gasteiger partial charge in [0.1, 0.15) is 11.7 Å². The molecule has 0 heterocycles. The molecule has 0 radical (unpaired) electrons. The van der Waals surface area contributed by atoms with Gasteiger partial charge >= 0.3 is 0 Å². The summed E-state index contributed by atoms with van der Waals surface area (Å²) in [6.45, 7) is 4.09. The molecule has 5 heteroatoms. The topological polar surface area (TPSA) is 52.6 Å². The van der Waals surface area contributed by atoms with Crippen molar-refractivity contribution in [2.45, 2.75) is 38.4 Å². The highest BCUT2D eigenvalue weighted by atomic mass is 32.2. The van der Waals surface area contributed by atoms with E-state index in [9.17, 15) is 8.42 Å². The number of allylic oxidation sites excluding steroid dienone is 1. The lowest BCUT2D eigenvalue weighted by atomic mass is 9.57. The third-order valence-corrected chi connectivity index (χ3v) is 4.73. The van der Waals surface area contributed by atoms with E-state index in [-0.39, 0.29) is 5.41 Å². The lowest BCUT2D eigenvalue weighted by molar-refractivity contribution is -0.152. The standard InChI is InChI=1S/C12H20O4S/c1-11(2)9-5-7-12(15-3,8-6-9)10(11)16-17(4,13)14/h5,7,9-10H,6,8H2,1-4H3. The molecule has 4 nitrogen and oxygen atoms in total. The van der Waals surface area contributed by atoms with Crippen LogP contribution in [0.15, 0.2) is 12.2 Å². The van der Waals surface area contributed by atoms with Gasteiger partial charge in [-0.3, -0.25) is 4.18 Å². The monoisotopic (exact) mass is 260 g/mol. The highest BCUT2D eigenvalue weighted by molar-refractivity contribution is 7.86. The zero-order valence-corrected chi connectivity index (χ0v) is 11.6. The Morgan fingerprint density at radius 2 is 2.00 bits per heavy atom. The van der Waals surface area contributed by atoms with E-state index >= 15 is 0 Å². The molecule has 3 atom stereocenters. The largest absolute Gasteiger partial charge is 0.371 e. The third kappa shape index (κ3) is 2.04. The van der Waals surface area contributed by atoms with Crippen molar-refractivity contribution >= 4 is 10.1 Å². The zero-order chi connectivity index (χ0) is 12.9. The third-order valence-electron chi connectivity index (χ3n) is 4.18. The van der Waals surface area contributed by atoms with E-state index in [4.69, 9.17) is 8.92 Å². The van der Waals surface area contributed by atoms with Gasteiger partial charge in [0, 0.05) is 12.5 Å². The Hall–Kier alpha value is -0.390. The highest BCUT2D eigenvalue weighted by Gasteiger charge is 2.57. The van der Waals surface area contributed by atoms with Crippen LogP contribution in [0.4, 0.5) is 0 Å². The lowest BCUT2D eigenvalue weighted by Crippen LogP contribution is -2.61. The van der Waals surface area contributed by atoms with E-state index in [0.29, 0.717) is 5.92 Å². The van der Waals surface area contributed by atoms with Crippen LogP contribution < -0.4 is 0 Å². The fourth-order valence-electron chi connectivity index (χ4n) is 3.16. The molecule has 0 aromatic carbocycles. The van der Waals surface area contributed by atoms with Gasteiger partial charge in [-0.2, -0.15) is 8.42 Å². The van der Waals surface area contributed by atoms with Crippen molar-refractivity contribution in [3.05, 3.63) is 12.2 Å². The summed E-state index contributed by atoms with van der Waals surface area (Å²) in [4.78, 5) is 0. The molecule has 3 unspecified atom stereocenters. The average molecular weight is 260 g/mol. The number of ether oxygens (including phenoxy) is 1. The van der Waals surface area contributed by atoms with E-state index in [1.54, 1.807) is 7.11 Å². The van der Waals surface area contributed by atoms with E-state index in [2.05, 4.69) is 6.08 Å². The molecule has 3 aliphatic carbocycles. The number of hydrogen-bond acceptors (Lipinski definition) is 4. The Bertz CT molecular complexity index is 437. The number of fused-ring (bicyclic) bond motifs is 2. The molecule has 3 rings (SSSR count). The summed E-state index contributed by atoms with van der Waals surface area (Å²) in [6.07, 6.45) is 6.59. The van der Waals surface area contributed by atoms with E-state index in [0.717, 1.165) is 19.1 Å². The molecule has 0 aliphatic heterocycles. The molecule has 17 heavy (non-hydrogen) atoms. The molecule has 0 amide bonds. The van der Waals surface area contributed by atoms with Crippen molar-refractivity contribution in [3.8, 4) is 0 Å². The van der Waals surface area contributed by atoms with Crippen molar-refractivity contribution in [2.75, 3.05) is 13.4 Å². The first-order valence-corrected chi connectivity index (χ1v) is 7.66. The molecule has 0 saturated heterocycles. The molecule has 1 saturated carbocycles. The molecule has 0 N–H and O–H groups in total. The van der Waals surface area contributed by atoms with Crippen molar-refractivity contribution in [1.82, 2.24) is 0 Å². The van der Waals surface area contributed by atoms with Crippen LogP contribution in [-0.4, -0.2) is 33.5 Å². The first-order chi connectivity index (χ1) is 7.71. The summed E-state index contributed by atoms with van der Waals surface area (Å²) in [5, 5.41) is 0. The van der Waals surface area contributed by atoms with Crippen molar-refractivity contribution < 1.29 is 17.3 Å². The van der Waals surface area contributed by atoms with Crippen LogP contribution in [0.25, 0.3) is 0 Å². The van der Waals surface area contributed by atoms with Gasteiger partial charge in [-0.15, -0.1) is 0 Å². The number of methoxy groups -OCH3 is 1. The Kier molecular flexibility index (Phi) is 2.92. The van der Waals surface area contributed by atoms with Gasteiger partial charge in [-0.1, -0.05) is 26.0 Å². The second kappa shape index (κ2) is 3.80. The van der Waals surface area contributed by atoms with Gasteiger partial charge in [0.15, 0.2) is 0 Å². The van der Waals surface area contributed by atoms with Gasteiger partial charge in [0.05, 0.1) is 6.26 Å². The van der Waals surface area contributed by atoms with Gasteiger partial charge in [0.2, 0.25) is 0 Å². The maximum Gasteiger partial charge on any atom is 0.264 e. The molecular weight excluding hydrogens is 240 g/mol. The summed E-state index contributed by atoms with van der Waals surface area (Å²) in [7, 11) is -1.86. The van der Waals surface area contributed by atoms with Crippen LogP contribution in [0, 0.1) is 11.3 Å². The Labute approximate surface area is 103 Å². The molecule has 1 fully saturated rings. The minimum atomic E-state index is -3.48. The molecule has 3 aliphatic rings. The second-order valence-electron chi connectivity index (χ2n) is 5.67. The van der Waals surface area contributed by atoms with Gasteiger partial charge in [-0.05, 0) is 18.8 Å². The Balaban J connectivity index is 2.43. The second-order valence-corrected chi connectivity index (χ2v) is 7.27. The maximum absolute atomic E-state index is 11.4. The average Bonchev–Trinajstić information content (AvgIpc) is 2.23. The fourth-order valence-corrected chi connectivity index (χ4v) is 3.92. The normalized spacial score (nSPS) is 39.5. The van der Waals surface area contributed by atoms with Crippen LogP contribution in [0.3, 0.4) is 0 Å². The predicted octanol–water partition coefficient (Wildman–Crippen LogP) is 1.72. The minimum Gasteiger partial charge on any atom is -0.371 e. The summed E-state index contributed by atoms with van der Waals surface area (Å²) in [5.41, 5.74) is -0.826. The number of rotatable bonds is 3. The smallest absolute Gasteiger partial charge is 0.264 e. The predicted molar refractivity (Wildman–Crippen MR) is 65.1 cm³/mol. The van der Waals surface area contributed by atoms with Crippen LogP contribution in [0.1, 0.15) is 26.7 Å². The van der Waals surface area contributed by atoms with Crippen molar-refractivity contribution in [2.24, 2.45) is 11.3 Å². The minimum absolute atomic E-state index is 0.230. The molecular formula is C12H20O4S. The van der Waals surface area contributed by atoms with Crippen LogP contribution in [-0.2, 0) is 19.0 Å². The quantitative estimate of drug-likeness (QED) is 0.573. The lowest BCUT2D eigenvalue weighted by Gasteiger charge is -2.55. The van der Waals surface area contributed by atoms with Gasteiger partial charge < -0.3 is 4.74 Å². The SMILES string of the molecule is COC12C=CC(CC1)C(C)(C)C2OS(C)(=O)=O. The molecule has 0 aromatic heterocycles. The molecule has 2 bridgehead atoms. The highest BCUT2D eigenvalue weighted by Crippen LogP contribution is 2.53. The van der Waals surface area contributed by atoms with Crippen molar-refractivity contribution in [1.29, 1.82) is 0 Å². The first-order valence-electron chi connectivity index (χ1n) is 5.84. The van der Waals surface area contributed by atoms with Gasteiger partial charge in [-0.25, -0.2) is 0 Å². The van der Waals surface area contributed by atoms with Crippen LogP contribution in [0.5, 0.6) is 0 Å². The van der Waals surface area contributed by atoms with E-state index in [1.807, 2.05) is 19.9 Å². The molecule has 0 spiro atoms. The summed E-state index contributed by atoms with van der Waals surface area (Å²) >= 11 is 0. The number of hydrogen-bond donors (Lipinski definition) is 0. The van der Waals surface area contributed by atoms with E-state index < -0.39 is 21.8 Å².